The number of pyridine rings is 1. The average molecular weight is 301 g/mol. The predicted molar refractivity (Wildman–Crippen MR) is 73.8 cm³/mol. The summed E-state index contributed by atoms with van der Waals surface area (Å²) in [7, 11) is 0. The Bertz CT molecular complexity index is 536. The van der Waals surface area contributed by atoms with Crippen LogP contribution in [0.3, 0.4) is 0 Å². The number of nitrogens with zero attached hydrogens (tertiary/aromatic N) is 1. The van der Waals surface area contributed by atoms with E-state index < -0.39 is 17.8 Å². The number of allylic oxidation sites excluding steroid dienone is 1. The highest BCUT2D eigenvalue weighted by Crippen LogP contribution is 2.30. The zero-order chi connectivity index (χ0) is 16.0. The topological polar surface area (TPSA) is 50.2 Å². The van der Waals surface area contributed by atoms with Gasteiger partial charge in [0.25, 0.3) is 0 Å². The van der Waals surface area contributed by atoms with Crippen LogP contribution in [0.1, 0.15) is 50.1 Å². The minimum absolute atomic E-state index is 0.0153. The van der Waals surface area contributed by atoms with E-state index in [4.69, 9.17) is 0 Å². The Balaban J connectivity index is 3.36. The van der Waals surface area contributed by atoms with E-state index in [2.05, 4.69) is 4.98 Å². The molecular formula is C15H18F3NO2. The van der Waals surface area contributed by atoms with Crippen molar-refractivity contribution in [2.45, 2.75) is 45.7 Å². The molecule has 0 saturated heterocycles. The van der Waals surface area contributed by atoms with E-state index in [-0.39, 0.29) is 16.8 Å². The minimum Gasteiger partial charge on any atom is -0.478 e. The first kappa shape index (κ1) is 17.2. The summed E-state index contributed by atoms with van der Waals surface area (Å²) >= 11 is 0. The van der Waals surface area contributed by atoms with Crippen LogP contribution in [-0.2, 0) is 17.4 Å². The number of carbonyl (C=O) groups is 1. The smallest absolute Gasteiger partial charge is 0.433 e. The summed E-state index contributed by atoms with van der Waals surface area (Å²) in [6.07, 6.45) is -0.802. The fourth-order valence-electron chi connectivity index (χ4n) is 1.93. The van der Waals surface area contributed by atoms with E-state index in [1.54, 1.807) is 0 Å². The lowest BCUT2D eigenvalue weighted by Crippen LogP contribution is -2.12. The number of rotatable bonds is 6. The molecule has 0 saturated carbocycles. The molecule has 3 nitrogen and oxygen atoms in total. The standard InChI is InChI=1S/C15H18F3NO2/c1-3-5-7-11(14(20)21)10-8-9-13(15(16,17)18)19-12(10)6-4-2/h7-9H,3-6H2,1-2H3,(H,20,21). The van der Waals surface area contributed by atoms with Crippen molar-refractivity contribution in [3.05, 3.63) is 35.2 Å². The molecule has 1 aromatic heterocycles. The first-order valence-corrected chi connectivity index (χ1v) is 6.82. The molecule has 0 aliphatic heterocycles. The van der Waals surface area contributed by atoms with Crippen molar-refractivity contribution in [1.82, 2.24) is 4.98 Å². The van der Waals surface area contributed by atoms with Crippen LogP contribution in [0.2, 0.25) is 0 Å². The minimum atomic E-state index is -4.53. The molecule has 6 heteroatoms. The quantitative estimate of drug-likeness (QED) is 0.796. The van der Waals surface area contributed by atoms with Crippen molar-refractivity contribution in [2.75, 3.05) is 0 Å². The molecule has 1 aromatic rings. The van der Waals surface area contributed by atoms with Gasteiger partial charge >= 0.3 is 12.1 Å². The SMILES string of the molecule is CCCC=C(C(=O)O)c1ccc(C(F)(F)F)nc1CCC. The van der Waals surface area contributed by atoms with Gasteiger partial charge in [0, 0.05) is 11.3 Å². The number of alkyl halides is 3. The Morgan fingerprint density at radius 3 is 2.43 bits per heavy atom. The third kappa shape index (κ3) is 4.58. The average Bonchev–Trinajstić information content (AvgIpc) is 2.39. The largest absolute Gasteiger partial charge is 0.478 e. The second-order valence-corrected chi connectivity index (χ2v) is 4.65. The van der Waals surface area contributed by atoms with Crippen LogP contribution in [0.25, 0.3) is 5.57 Å². The Morgan fingerprint density at radius 1 is 1.29 bits per heavy atom. The molecule has 1 rings (SSSR count). The van der Waals surface area contributed by atoms with Gasteiger partial charge in [-0.25, -0.2) is 9.78 Å². The van der Waals surface area contributed by atoms with Crippen molar-refractivity contribution >= 4 is 11.5 Å². The molecule has 0 unspecified atom stereocenters. The van der Waals surface area contributed by atoms with E-state index in [0.717, 1.165) is 12.5 Å². The molecule has 0 aliphatic rings. The number of halogens is 3. The number of aryl methyl sites for hydroxylation is 1. The van der Waals surface area contributed by atoms with Crippen molar-refractivity contribution in [2.24, 2.45) is 0 Å². The second kappa shape index (κ2) is 7.24. The third-order valence-corrected chi connectivity index (χ3v) is 2.91. The van der Waals surface area contributed by atoms with E-state index in [1.165, 1.54) is 12.1 Å². The predicted octanol–water partition coefficient (Wildman–Crippen LogP) is 4.32. The van der Waals surface area contributed by atoms with Crippen LogP contribution < -0.4 is 0 Å². The van der Waals surface area contributed by atoms with Crippen LogP contribution in [0.5, 0.6) is 0 Å². The van der Waals surface area contributed by atoms with Crippen molar-refractivity contribution in [3.63, 3.8) is 0 Å². The molecular weight excluding hydrogens is 283 g/mol. The van der Waals surface area contributed by atoms with Gasteiger partial charge in [0.15, 0.2) is 0 Å². The molecule has 0 amide bonds. The highest BCUT2D eigenvalue weighted by molar-refractivity contribution is 6.15. The third-order valence-electron chi connectivity index (χ3n) is 2.91. The van der Waals surface area contributed by atoms with Crippen LogP contribution in [0.4, 0.5) is 13.2 Å². The van der Waals surface area contributed by atoms with Crippen LogP contribution in [0.15, 0.2) is 18.2 Å². The molecule has 0 radical (unpaired) electrons. The molecule has 116 valence electrons. The fourth-order valence-corrected chi connectivity index (χ4v) is 1.93. The molecule has 1 heterocycles. The summed E-state index contributed by atoms with van der Waals surface area (Å²) in [6, 6.07) is 2.04. The molecule has 0 fully saturated rings. The lowest BCUT2D eigenvalue weighted by molar-refractivity contribution is -0.141. The van der Waals surface area contributed by atoms with Crippen molar-refractivity contribution in [1.29, 1.82) is 0 Å². The maximum absolute atomic E-state index is 12.7. The van der Waals surface area contributed by atoms with E-state index in [0.29, 0.717) is 19.3 Å². The first-order valence-electron chi connectivity index (χ1n) is 6.82. The monoisotopic (exact) mass is 301 g/mol. The normalized spacial score (nSPS) is 12.5. The van der Waals surface area contributed by atoms with Crippen LogP contribution in [-0.4, -0.2) is 16.1 Å². The zero-order valence-corrected chi connectivity index (χ0v) is 12.0. The summed E-state index contributed by atoms with van der Waals surface area (Å²) in [4.78, 5) is 14.9. The lowest BCUT2D eigenvalue weighted by atomic mass is 9.99. The number of carboxylic acids is 1. The molecule has 0 aromatic carbocycles. The first-order chi connectivity index (χ1) is 9.81. The van der Waals surface area contributed by atoms with Crippen LogP contribution >= 0.6 is 0 Å². The Hall–Kier alpha value is -1.85. The van der Waals surface area contributed by atoms with Crippen molar-refractivity contribution < 1.29 is 23.1 Å². The summed E-state index contributed by atoms with van der Waals surface area (Å²) < 4.78 is 38.1. The number of hydrogen-bond donors (Lipinski definition) is 1. The van der Waals surface area contributed by atoms with Gasteiger partial charge in [-0.3, -0.25) is 0 Å². The highest BCUT2D eigenvalue weighted by atomic mass is 19.4. The summed E-state index contributed by atoms with van der Waals surface area (Å²) in [5.41, 5.74) is -0.528. The van der Waals surface area contributed by atoms with Crippen LogP contribution in [0, 0.1) is 0 Å². The van der Waals surface area contributed by atoms with E-state index >= 15 is 0 Å². The molecule has 1 N–H and O–H groups in total. The number of aromatic nitrogens is 1. The Morgan fingerprint density at radius 2 is 1.95 bits per heavy atom. The molecule has 0 aliphatic carbocycles. The summed E-state index contributed by atoms with van der Waals surface area (Å²) in [5, 5.41) is 9.26. The molecule has 0 spiro atoms. The van der Waals surface area contributed by atoms with Gasteiger partial charge in [0.2, 0.25) is 0 Å². The van der Waals surface area contributed by atoms with Gasteiger partial charge in [-0.2, -0.15) is 13.2 Å². The van der Waals surface area contributed by atoms with E-state index in [1.807, 2.05) is 13.8 Å². The molecule has 21 heavy (non-hydrogen) atoms. The van der Waals surface area contributed by atoms with Crippen molar-refractivity contribution in [3.8, 4) is 0 Å². The molecule has 0 bridgehead atoms. The van der Waals surface area contributed by atoms with Gasteiger partial charge in [-0.15, -0.1) is 0 Å². The van der Waals surface area contributed by atoms with Gasteiger partial charge in [-0.05, 0) is 18.9 Å². The van der Waals surface area contributed by atoms with Gasteiger partial charge in [0.1, 0.15) is 5.69 Å². The summed E-state index contributed by atoms with van der Waals surface area (Å²) in [5.74, 6) is -1.15. The molecule has 0 atom stereocenters. The number of aliphatic carboxylic acids is 1. The summed E-state index contributed by atoms with van der Waals surface area (Å²) in [6.45, 7) is 3.70. The fraction of sp³-hybridized carbons (Fsp3) is 0.467. The number of unbranched alkanes of at least 4 members (excludes halogenated alkanes) is 1. The number of hydrogen-bond acceptors (Lipinski definition) is 2. The van der Waals surface area contributed by atoms with Gasteiger partial charge in [-0.1, -0.05) is 38.8 Å². The lowest BCUT2D eigenvalue weighted by Gasteiger charge is -2.13. The van der Waals surface area contributed by atoms with Gasteiger partial charge in [0.05, 0.1) is 5.57 Å². The maximum Gasteiger partial charge on any atom is 0.433 e. The Kier molecular flexibility index (Phi) is 5.93. The maximum atomic E-state index is 12.7. The second-order valence-electron chi connectivity index (χ2n) is 4.65. The Labute approximate surface area is 121 Å². The van der Waals surface area contributed by atoms with E-state index in [9.17, 15) is 23.1 Å². The zero-order valence-electron chi connectivity index (χ0n) is 12.0. The highest BCUT2D eigenvalue weighted by Gasteiger charge is 2.33. The number of carboxylic acid groups (broad SMARTS) is 1. The van der Waals surface area contributed by atoms with Gasteiger partial charge < -0.3 is 5.11 Å².